The van der Waals surface area contributed by atoms with Crippen LogP contribution in [0.1, 0.15) is 18.9 Å². The topological polar surface area (TPSA) is 32.6 Å². The summed E-state index contributed by atoms with van der Waals surface area (Å²) in [6, 6.07) is 1.58. The zero-order valence-electron chi connectivity index (χ0n) is 7.39. The molecule has 1 rings (SSSR count). The Balaban J connectivity index is 3.25. The van der Waals surface area contributed by atoms with E-state index in [1.54, 1.807) is 6.92 Å². The van der Waals surface area contributed by atoms with Crippen molar-refractivity contribution < 1.29 is 18.4 Å². The minimum Gasteiger partial charge on any atom is -0.411 e. The third-order valence-electron chi connectivity index (χ3n) is 1.77. The van der Waals surface area contributed by atoms with E-state index in [2.05, 4.69) is 5.16 Å². The Morgan fingerprint density at radius 1 is 1.29 bits per heavy atom. The lowest BCUT2D eigenvalue weighted by atomic mass is 10.1. The number of nitrogens with zero attached hydrogens (tertiary/aromatic N) is 1. The molecule has 0 unspecified atom stereocenters. The Hall–Kier alpha value is -1.52. The van der Waals surface area contributed by atoms with Gasteiger partial charge in [0.15, 0.2) is 17.5 Å². The van der Waals surface area contributed by atoms with Gasteiger partial charge in [-0.15, -0.1) is 0 Å². The van der Waals surface area contributed by atoms with Gasteiger partial charge in [-0.05, 0) is 18.6 Å². The number of halogens is 3. The van der Waals surface area contributed by atoms with Crippen molar-refractivity contribution in [2.24, 2.45) is 5.16 Å². The van der Waals surface area contributed by atoms with Crippen molar-refractivity contribution in [3.05, 3.63) is 35.1 Å². The summed E-state index contributed by atoms with van der Waals surface area (Å²) in [7, 11) is 0. The Morgan fingerprint density at radius 2 is 1.79 bits per heavy atom. The van der Waals surface area contributed by atoms with Crippen LogP contribution < -0.4 is 0 Å². The van der Waals surface area contributed by atoms with Crippen LogP contribution in [0, 0.1) is 17.5 Å². The summed E-state index contributed by atoms with van der Waals surface area (Å²) in [4.78, 5) is 0. The van der Waals surface area contributed by atoms with Gasteiger partial charge < -0.3 is 5.21 Å². The van der Waals surface area contributed by atoms with E-state index in [4.69, 9.17) is 5.21 Å². The van der Waals surface area contributed by atoms with Crippen molar-refractivity contribution in [1.29, 1.82) is 0 Å². The van der Waals surface area contributed by atoms with E-state index in [1.165, 1.54) is 0 Å². The van der Waals surface area contributed by atoms with Gasteiger partial charge in [-0.2, -0.15) is 0 Å². The predicted octanol–water partition coefficient (Wildman–Crippen LogP) is 2.69. The largest absolute Gasteiger partial charge is 0.411 e. The summed E-state index contributed by atoms with van der Waals surface area (Å²) in [5, 5.41) is 11.3. The molecular formula is C9H8F3NO. The molecule has 2 nitrogen and oxygen atoms in total. The minimum absolute atomic E-state index is 0.0337. The molecule has 14 heavy (non-hydrogen) atoms. The predicted molar refractivity (Wildman–Crippen MR) is 44.9 cm³/mol. The number of hydrogen-bond donors (Lipinski definition) is 1. The molecule has 1 aromatic carbocycles. The van der Waals surface area contributed by atoms with Crippen LogP contribution in [0.15, 0.2) is 17.3 Å². The van der Waals surface area contributed by atoms with E-state index in [9.17, 15) is 13.2 Å². The lowest BCUT2D eigenvalue weighted by molar-refractivity contribution is 0.318. The first-order valence-electron chi connectivity index (χ1n) is 3.96. The Kier molecular flexibility index (Phi) is 3.11. The molecule has 0 aromatic heterocycles. The molecule has 0 amide bonds. The number of hydrogen-bond acceptors (Lipinski definition) is 2. The number of oxime groups is 1. The highest BCUT2D eigenvalue weighted by Gasteiger charge is 2.12. The maximum Gasteiger partial charge on any atom is 0.194 e. The fourth-order valence-corrected chi connectivity index (χ4v) is 1.05. The molecule has 0 saturated carbocycles. The van der Waals surface area contributed by atoms with Gasteiger partial charge in [0.25, 0.3) is 0 Å². The van der Waals surface area contributed by atoms with Gasteiger partial charge in [0.05, 0.1) is 5.71 Å². The first-order valence-corrected chi connectivity index (χ1v) is 3.96. The maximum absolute atomic E-state index is 12.7. The van der Waals surface area contributed by atoms with E-state index in [-0.39, 0.29) is 11.3 Å². The normalized spacial score (nSPS) is 11.9. The summed E-state index contributed by atoms with van der Waals surface area (Å²) in [5.74, 6) is -4.12. The van der Waals surface area contributed by atoms with Gasteiger partial charge in [0.2, 0.25) is 0 Å². The van der Waals surface area contributed by atoms with Crippen LogP contribution in [0.5, 0.6) is 0 Å². The zero-order chi connectivity index (χ0) is 10.7. The summed E-state index contributed by atoms with van der Waals surface area (Å²) in [5.41, 5.74) is 0.134. The van der Waals surface area contributed by atoms with Crippen molar-refractivity contribution in [2.45, 2.75) is 13.3 Å². The maximum atomic E-state index is 12.7. The smallest absolute Gasteiger partial charge is 0.194 e. The highest BCUT2D eigenvalue weighted by Crippen LogP contribution is 2.15. The van der Waals surface area contributed by atoms with Crippen LogP contribution in [0.2, 0.25) is 0 Å². The fourth-order valence-electron chi connectivity index (χ4n) is 1.05. The number of benzene rings is 1. The monoisotopic (exact) mass is 203 g/mol. The van der Waals surface area contributed by atoms with E-state index >= 15 is 0 Å². The van der Waals surface area contributed by atoms with E-state index < -0.39 is 17.5 Å². The van der Waals surface area contributed by atoms with Crippen molar-refractivity contribution in [1.82, 2.24) is 0 Å². The Bertz CT molecular complexity index is 353. The molecule has 1 aromatic rings. The fraction of sp³-hybridized carbons (Fsp3) is 0.222. The van der Waals surface area contributed by atoms with Crippen LogP contribution >= 0.6 is 0 Å². The Labute approximate surface area is 78.7 Å². The second-order valence-electron chi connectivity index (χ2n) is 2.65. The van der Waals surface area contributed by atoms with E-state index in [0.717, 1.165) is 12.1 Å². The van der Waals surface area contributed by atoms with Crippen molar-refractivity contribution >= 4 is 5.71 Å². The first-order chi connectivity index (χ1) is 6.60. The molecule has 0 spiro atoms. The van der Waals surface area contributed by atoms with Crippen LogP contribution in [0.3, 0.4) is 0 Å². The summed E-state index contributed by atoms with van der Waals surface area (Å²) >= 11 is 0. The average Bonchev–Trinajstić information content (AvgIpc) is 2.16. The van der Waals surface area contributed by atoms with Crippen LogP contribution in [-0.4, -0.2) is 10.9 Å². The van der Waals surface area contributed by atoms with Gasteiger partial charge in [-0.3, -0.25) is 0 Å². The standard InChI is InChI=1S/C9H8F3NO/c1-2-8(13-14)5-3-6(10)9(12)7(11)4-5/h3-4,14H,2H2,1H3/b13-8-. The molecule has 1 N–H and O–H groups in total. The zero-order valence-corrected chi connectivity index (χ0v) is 7.39. The Morgan fingerprint density at radius 3 is 2.14 bits per heavy atom. The van der Waals surface area contributed by atoms with Crippen molar-refractivity contribution in [3.63, 3.8) is 0 Å². The molecule has 0 heterocycles. The molecule has 0 aliphatic rings. The molecule has 0 atom stereocenters. The molecule has 76 valence electrons. The van der Waals surface area contributed by atoms with Crippen LogP contribution in [0.4, 0.5) is 13.2 Å². The van der Waals surface area contributed by atoms with Crippen molar-refractivity contribution in [2.75, 3.05) is 0 Å². The minimum atomic E-state index is -1.53. The molecule has 0 aliphatic carbocycles. The van der Waals surface area contributed by atoms with E-state index in [0.29, 0.717) is 6.42 Å². The molecular weight excluding hydrogens is 195 g/mol. The highest BCUT2D eigenvalue weighted by molar-refractivity contribution is 5.99. The third-order valence-corrected chi connectivity index (χ3v) is 1.77. The SMILES string of the molecule is CC/C(=N/O)c1cc(F)c(F)c(F)c1. The van der Waals surface area contributed by atoms with Gasteiger partial charge in [0.1, 0.15) is 0 Å². The molecule has 5 heteroatoms. The van der Waals surface area contributed by atoms with Gasteiger partial charge in [-0.25, -0.2) is 13.2 Å². The van der Waals surface area contributed by atoms with Gasteiger partial charge >= 0.3 is 0 Å². The quantitative estimate of drug-likeness (QED) is 0.341. The second kappa shape index (κ2) is 4.13. The number of rotatable bonds is 2. The van der Waals surface area contributed by atoms with Crippen LogP contribution in [-0.2, 0) is 0 Å². The second-order valence-corrected chi connectivity index (χ2v) is 2.65. The molecule has 0 fully saturated rings. The lowest BCUT2D eigenvalue weighted by Gasteiger charge is -2.02. The molecule has 0 aliphatic heterocycles. The van der Waals surface area contributed by atoms with Crippen molar-refractivity contribution in [3.8, 4) is 0 Å². The lowest BCUT2D eigenvalue weighted by Crippen LogP contribution is -2.02. The first kappa shape index (κ1) is 10.6. The molecule has 0 saturated heterocycles. The third kappa shape index (κ3) is 1.86. The molecule has 0 radical (unpaired) electrons. The van der Waals surface area contributed by atoms with E-state index in [1.807, 2.05) is 0 Å². The van der Waals surface area contributed by atoms with Gasteiger partial charge in [0, 0.05) is 5.56 Å². The highest BCUT2D eigenvalue weighted by atomic mass is 19.2. The van der Waals surface area contributed by atoms with Crippen LogP contribution in [0.25, 0.3) is 0 Å². The average molecular weight is 203 g/mol. The summed E-state index contributed by atoms with van der Waals surface area (Å²) < 4.78 is 38.0. The molecule has 0 bridgehead atoms. The summed E-state index contributed by atoms with van der Waals surface area (Å²) in [6.45, 7) is 1.65. The summed E-state index contributed by atoms with van der Waals surface area (Å²) in [6.07, 6.45) is 0.293. The van der Waals surface area contributed by atoms with Gasteiger partial charge in [-0.1, -0.05) is 12.1 Å².